The van der Waals surface area contributed by atoms with Gasteiger partial charge in [-0.15, -0.1) is 0 Å². The van der Waals surface area contributed by atoms with E-state index in [4.69, 9.17) is 14.2 Å². The van der Waals surface area contributed by atoms with Crippen molar-refractivity contribution in [3.63, 3.8) is 0 Å². The number of carbonyl (C=O) groups is 3. The Balaban J connectivity index is 0.000000181. The summed E-state index contributed by atoms with van der Waals surface area (Å²) in [4.78, 5) is 36.3. The average molecular weight is 549 g/mol. The standard InChI is InChI=1S/C16H26O4.C16H26O3/c1-4-15(2,3)14(18)20-16(8-6-5-7-9-16)12-10-13(17)19-11-12;1-4-14(2,3)13(17)19-16-8-11-5-12(9-16)7-15(18,6-11)10-16/h12H,4-11H2,1-3H3;11-12,18H,4-10H2,1-3H3. The minimum atomic E-state index is -0.555. The highest BCUT2D eigenvalue weighted by molar-refractivity contribution is 5.77. The molecule has 5 saturated carbocycles. The maximum Gasteiger partial charge on any atom is 0.312 e. The molecule has 6 fully saturated rings. The third-order valence-electron chi connectivity index (χ3n) is 10.8. The van der Waals surface area contributed by atoms with Crippen molar-refractivity contribution < 1.29 is 33.7 Å². The number of cyclic esters (lactones) is 1. The van der Waals surface area contributed by atoms with E-state index in [2.05, 4.69) is 0 Å². The molecule has 3 unspecified atom stereocenters. The van der Waals surface area contributed by atoms with Crippen molar-refractivity contribution in [2.75, 3.05) is 6.61 Å². The van der Waals surface area contributed by atoms with Gasteiger partial charge in [0.25, 0.3) is 0 Å². The van der Waals surface area contributed by atoms with Gasteiger partial charge in [0.05, 0.1) is 29.5 Å². The summed E-state index contributed by atoms with van der Waals surface area (Å²) in [6.45, 7) is 12.2. The monoisotopic (exact) mass is 548 g/mol. The second-order valence-electron chi connectivity index (χ2n) is 14.8. The van der Waals surface area contributed by atoms with Crippen LogP contribution in [0, 0.1) is 28.6 Å². The van der Waals surface area contributed by atoms with Crippen molar-refractivity contribution in [1.82, 2.24) is 0 Å². The van der Waals surface area contributed by atoms with Crippen LogP contribution in [0.5, 0.6) is 0 Å². The molecule has 6 aliphatic rings. The van der Waals surface area contributed by atoms with Crippen molar-refractivity contribution in [2.45, 2.75) is 148 Å². The summed E-state index contributed by atoms with van der Waals surface area (Å²) in [5, 5.41) is 10.6. The van der Waals surface area contributed by atoms with Gasteiger partial charge in [-0.3, -0.25) is 14.4 Å². The van der Waals surface area contributed by atoms with Gasteiger partial charge in [-0.2, -0.15) is 0 Å². The third kappa shape index (κ3) is 6.49. The van der Waals surface area contributed by atoms with Crippen molar-refractivity contribution in [3.05, 3.63) is 0 Å². The zero-order valence-corrected chi connectivity index (χ0v) is 25.2. The van der Waals surface area contributed by atoms with Crippen LogP contribution in [-0.2, 0) is 28.6 Å². The van der Waals surface area contributed by atoms with E-state index in [0.717, 1.165) is 64.2 Å². The number of aliphatic hydroxyl groups is 1. The van der Waals surface area contributed by atoms with Crippen LogP contribution < -0.4 is 0 Å². The predicted octanol–water partition coefficient (Wildman–Crippen LogP) is 6.28. The first-order valence-electron chi connectivity index (χ1n) is 15.5. The van der Waals surface area contributed by atoms with Gasteiger partial charge in [0.1, 0.15) is 11.2 Å². The maximum absolute atomic E-state index is 12.5. The molecule has 4 bridgehead atoms. The van der Waals surface area contributed by atoms with Gasteiger partial charge in [-0.05, 0) is 110 Å². The second kappa shape index (κ2) is 11.0. The number of rotatable bonds is 7. The van der Waals surface area contributed by atoms with Crippen molar-refractivity contribution in [3.8, 4) is 0 Å². The van der Waals surface area contributed by atoms with Crippen molar-refractivity contribution in [2.24, 2.45) is 28.6 Å². The molecule has 0 aromatic carbocycles. The summed E-state index contributed by atoms with van der Waals surface area (Å²) in [7, 11) is 0. The van der Waals surface area contributed by atoms with Gasteiger partial charge in [0.15, 0.2) is 0 Å². The van der Waals surface area contributed by atoms with E-state index in [1.54, 1.807) is 0 Å². The van der Waals surface area contributed by atoms with Gasteiger partial charge < -0.3 is 19.3 Å². The topological polar surface area (TPSA) is 99.1 Å². The number of ether oxygens (including phenoxy) is 3. The van der Waals surface area contributed by atoms with E-state index in [9.17, 15) is 19.5 Å². The van der Waals surface area contributed by atoms with E-state index in [-0.39, 0.29) is 29.4 Å². The van der Waals surface area contributed by atoms with Crippen molar-refractivity contribution >= 4 is 17.9 Å². The molecular formula is C32H52O7. The SMILES string of the molecule is CCC(C)(C)C(=O)OC1(C2COC(=O)C2)CCCCC1.CCC(C)(C)C(=O)OC12CC3CC(CC(O)(C3)C1)C2. The van der Waals surface area contributed by atoms with Crippen LogP contribution in [0.3, 0.4) is 0 Å². The first-order chi connectivity index (χ1) is 18.2. The molecule has 1 heterocycles. The van der Waals surface area contributed by atoms with E-state index >= 15 is 0 Å². The molecule has 7 heteroatoms. The molecule has 7 nitrogen and oxygen atoms in total. The lowest BCUT2D eigenvalue weighted by Crippen LogP contribution is -2.61. The third-order valence-corrected chi connectivity index (χ3v) is 10.8. The number of esters is 3. The molecule has 0 aromatic heterocycles. The Hall–Kier alpha value is -1.63. The Morgan fingerprint density at radius 1 is 0.897 bits per heavy atom. The Labute approximate surface area is 235 Å². The van der Waals surface area contributed by atoms with Gasteiger partial charge in [0.2, 0.25) is 0 Å². The minimum absolute atomic E-state index is 0.0342. The zero-order chi connectivity index (χ0) is 28.7. The van der Waals surface area contributed by atoms with Gasteiger partial charge in [-0.25, -0.2) is 0 Å². The van der Waals surface area contributed by atoms with Gasteiger partial charge in [-0.1, -0.05) is 20.3 Å². The lowest BCUT2D eigenvalue weighted by molar-refractivity contribution is -0.225. The highest BCUT2D eigenvalue weighted by Gasteiger charge is 2.59. The molecule has 0 spiro atoms. The van der Waals surface area contributed by atoms with Crippen LogP contribution in [0.15, 0.2) is 0 Å². The predicted molar refractivity (Wildman–Crippen MR) is 148 cm³/mol. The first-order valence-corrected chi connectivity index (χ1v) is 15.5. The quantitative estimate of drug-likeness (QED) is 0.295. The van der Waals surface area contributed by atoms with Crippen LogP contribution in [0.1, 0.15) is 131 Å². The molecule has 1 N–H and O–H groups in total. The van der Waals surface area contributed by atoms with E-state index in [0.29, 0.717) is 31.3 Å². The molecular weight excluding hydrogens is 496 g/mol. The van der Waals surface area contributed by atoms with Gasteiger partial charge >= 0.3 is 17.9 Å². The van der Waals surface area contributed by atoms with E-state index < -0.39 is 22.0 Å². The molecule has 3 atom stereocenters. The van der Waals surface area contributed by atoms with Crippen LogP contribution in [0.2, 0.25) is 0 Å². The molecule has 6 rings (SSSR count). The molecule has 0 amide bonds. The first kappa shape index (κ1) is 30.3. The second-order valence-corrected chi connectivity index (χ2v) is 14.8. The van der Waals surface area contributed by atoms with E-state index in [1.807, 2.05) is 41.5 Å². The number of hydrogen-bond acceptors (Lipinski definition) is 7. The molecule has 1 saturated heterocycles. The summed E-state index contributed by atoms with van der Waals surface area (Å²) >= 11 is 0. The smallest absolute Gasteiger partial charge is 0.312 e. The molecule has 222 valence electrons. The summed E-state index contributed by atoms with van der Waals surface area (Å²) in [5.74, 6) is 0.770. The largest absolute Gasteiger partial charge is 0.465 e. The molecule has 0 radical (unpaired) electrons. The lowest BCUT2D eigenvalue weighted by atomic mass is 9.52. The van der Waals surface area contributed by atoms with E-state index in [1.165, 1.54) is 12.8 Å². The lowest BCUT2D eigenvalue weighted by Gasteiger charge is -2.59. The maximum atomic E-state index is 12.5. The number of carbonyl (C=O) groups excluding carboxylic acids is 3. The fraction of sp³-hybridized carbons (Fsp3) is 0.906. The highest BCUT2D eigenvalue weighted by atomic mass is 16.6. The van der Waals surface area contributed by atoms with Gasteiger partial charge in [0, 0.05) is 12.3 Å². The molecule has 1 aliphatic heterocycles. The molecule has 5 aliphatic carbocycles. The highest BCUT2D eigenvalue weighted by Crippen LogP contribution is 2.59. The fourth-order valence-corrected chi connectivity index (χ4v) is 7.79. The summed E-state index contributed by atoms with van der Waals surface area (Å²) in [6.07, 6.45) is 12.6. The molecule has 0 aromatic rings. The zero-order valence-electron chi connectivity index (χ0n) is 25.2. The summed E-state index contributed by atoms with van der Waals surface area (Å²) in [5.41, 5.74) is -2.27. The Morgan fingerprint density at radius 2 is 1.44 bits per heavy atom. The van der Waals surface area contributed by atoms with Crippen LogP contribution in [0.25, 0.3) is 0 Å². The van der Waals surface area contributed by atoms with Crippen LogP contribution in [0.4, 0.5) is 0 Å². The normalized spacial score (nSPS) is 35.1. The van der Waals surface area contributed by atoms with Crippen LogP contribution >= 0.6 is 0 Å². The summed E-state index contributed by atoms with van der Waals surface area (Å²) in [6, 6.07) is 0. The Morgan fingerprint density at radius 3 is 1.90 bits per heavy atom. The minimum Gasteiger partial charge on any atom is -0.465 e. The Kier molecular flexibility index (Phi) is 8.54. The van der Waals surface area contributed by atoms with Crippen LogP contribution in [-0.4, -0.2) is 46.4 Å². The number of hydrogen-bond donors (Lipinski definition) is 1. The fourth-order valence-electron chi connectivity index (χ4n) is 7.79. The average Bonchev–Trinajstić information content (AvgIpc) is 3.30. The summed E-state index contributed by atoms with van der Waals surface area (Å²) < 4.78 is 17.1. The Bertz CT molecular complexity index is 915. The van der Waals surface area contributed by atoms with Crippen molar-refractivity contribution in [1.29, 1.82) is 0 Å². The molecule has 39 heavy (non-hydrogen) atoms.